The minimum atomic E-state index is 0.473. The Hall–Kier alpha value is -0.770. The van der Waals surface area contributed by atoms with E-state index >= 15 is 0 Å². The molecule has 0 aromatic heterocycles. The van der Waals surface area contributed by atoms with E-state index in [4.69, 9.17) is 10.5 Å². The Bertz CT molecular complexity index is 257. The van der Waals surface area contributed by atoms with Crippen LogP contribution in [0.5, 0.6) is 0 Å². The Morgan fingerprint density at radius 2 is 2.18 bits per heavy atom. The monoisotopic (exact) mass is 239 g/mol. The van der Waals surface area contributed by atoms with Crippen LogP contribution >= 0.6 is 0 Å². The van der Waals surface area contributed by atoms with Crippen LogP contribution in [0.4, 0.5) is 0 Å². The summed E-state index contributed by atoms with van der Waals surface area (Å²) in [4.78, 5) is 6.54. The summed E-state index contributed by atoms with van der Waals surface area (Å²) < 4.78 is 5.69. The third kappa shape index (κ3) is 4.19. The molecule has 2 aliphatic rings. The van der Waals surface area contributed by atoms with Crippen LogP contribution in [-0.4, -0.2) is 43.2 Å². The van der Waals surface area contributed by atoms with Crippen molar-refractivity contribution in [2.24, 2.45) is 10.7 Å². The first-order valence-electron chi connectivity index (χ1n) is 6.91. The van der Waals surface area contributed by atoms with Gasteiger partial charge in [-0.15, -0.1) is 0 Å². The molecule has 1 aliphatic heterocycles. The zero-order chi connectivity index (χ0) is 12.1. The molecule has 1 heterocycles. The van der Waals surface area contributed by atoms with Gasteiger partial charge < -0.3 is 15.4 Å². The third-order valence-electron chi connectivity index (χ3n) is 3.69. The first kappa shape index (κ1) is 12.7. The number of hydrogen-bond acceptors (Lipinski definition) is 2. The van der Waals surface area contributed by atoms with Gasteiger partial charge in [-0.2, -0.15) is 0 Å². The van der Waals surface area contributed by atoms with Gasteiger partial charge in [0, 0.05) is 26.2 Å². The normalized spacial score (nSPS) is 25.9. The van der Waals surface area contributed by atoms with Crippen LogP contribution in [-0.2, 0) is 4.74 Å². The van der Waals surface area contributed by atoms with Crippen LogP contribution in [0.25, 0.3) is 0 Å². The lowest BCUT2D eigenvalue weighted by Crippen LogP contribution is -2.35. The minimum absolute atomic E-state index is 0.473. The number of ether oxygens (including phenoxy) is 1. The second-order valence-electron chi connectivity index (χ2n) is 5.21. The summed E-state index contributed by atoms with van der Waals surface area (Å²) >= 11 is 0. The van der Waals surface area contributed by atoms with Gasteiger partial charge in [0.25, 0.3) is 0 Å². The summed E-state index contributed by atoms with van der Waals surface area (Å²) in [7, 11) is 2.04. The maximum atomic E-state index is 5.92. The Morgan fingerprint density at radius 1 is 1.35 bits per heavy atom. The molecular weight excluding hydrogens is 214 g/mol. The lowest BCUT2D eigenvalue weighted by Gasteiger charge is -2.22. The standard InChI is InChI=1S/C13H25N3O/c1-16(11-7-8-11)13(14)15-9-4-6-12-5-2-3-10-17-12/h11-12H,2-10H2,1H3,(H2,14,15). The summed E-state index contributed by atoms with van der Waals surface area (Å²) in [5, 5.41) is 0. The van der Waals surface area contributed by atoms with Crippen molar-refractivity contribution in [3.8, 4) is 0 Å². The van der Waals surface area contributed by atoms with Crippen molar-refractivity contribution < 1.29 is 4.74 Å². The largest absolute Gasteiger partial charge is 0.378 e. The predicted octanol–water partition coefficient (Wildman–Crippen LogP) is 1.74. The van der Waals surface area contributed by atoms with Gasteiger partial charge in [0.05, 0.1) is 6.10 Å². The van der Waals surface area contributed by atoms with Crippen molar-refractivity contribution in [3.63, 3.8) is 0 Å². The molecule has 1 atom stereocenters. The number of hydrogen-bond donors (Lipinski definition) is 1. The number of rotatable bonds is 5. The van der Waals surface area contributed by atoms with E-state index < -0.39 is 0 Å². The van der Waals surface area contributed by atoms with E-state index in [0.29, 0.717) is 18.1 Å². The fraction of sp³-hybridized carbons (Fsp3) is 0.923. The second kappa shape index (κ2) is 6.24. The molecule has 4 heteroatoms. The molecule has 2 fully saturated rings. The zero-order valence-electron chi connectivity index (χ0n) is 10.9. The lowest BCUT2D eigenvalue weighted by molar-refractivity contribution is 0.0105. The van der Waals surface area contributed by atoms with Gasteiger partial charge in [0.2, 0.25) is 0 Å². The summed E-state index contributed by atoms with van der Waals surface area (Å²) in [5.41, 5.74) is 5.92. The molecule has 1 saturated carbocycles. The number of nitrogens with zero attached hydrogens (tertiary/aromatic N) is 2. The molecule has 2 N–H and O–H groups in total. The van der Waals surface area contributed by atoms with Crippen molar-refractivity contribution >= 4 is 5.96 Å². The highest BCUT2D eigenvalue weighted by Gasteiger charge is 2.27. The van der Waals surface area contributed by atoms with Crippen LogP contribution in [0.3, 0.4) is 0 Å². The molecule has 0 radical (unpaired) electrons. The molecule has 98 valence electrons. The van der Waals surface area contributed by atoms with Crippen molar-refractivity contribution in [2.75, 3.05) is 20.2 Å². The van der Waals surface area contributed by atoms with E-state index in [9.17, 15) is 0 Å². The van der Waals surface area contributed by atoms with E-state index in [-0.39, 0.29) is 0 Å². The van der Waals surface area contributed by atoms with Crippen LogP contribution in [0.2, 0.25) is 0 Å². The number of nitrogens with two attached hydrogens (primary N) is 1. The van der Waals surface area contributed by atoms with Crippen LogP contribution in [0.15, 0.2) is 4.99 Å². The fourth-order valence-corrected chi connectivity index (χ4v) is 2.31. The third-order valence-corrected chi connectivity index (χ3v) is 3.69. The molecule has 0 aromatic rings. The zero-order valence-corrected chi connectivity index (χ0v) is 10.9. The average Bonchev–Trinajstić information content (AvgIpc) is 3.19. The Kier molecular flexibility index (Phi) is 4.66. The Balaban J connectivity index is 1.59. The van der Waals surface area contributed by atoms with Gasteiger partial charge in [-0.05, 0) is 44.9 Å². The summed E-state index contributed by atoms with van der Waals surface area (Å²) in [6, 6.07) is 0.653. The van der Waals surface area contributed by atoms with Crippen LogP contribution in [0, 0.1) is 0 Å². The summed E-state index contributed by atoms with van der Waals surface area (Å²) in [6.07, 6.45) is 9.00. The van der Waals surface area contributed by atoms with Crippen molar-refractivity contribution in [1.82, 2.24) is 4.90 Å². The molecule has 1 saturated heterocycles. The highest BCUT2D eigenvalue weighted by atomic mass is 16.5. The van der Waals surface area contributed by atoms with Crippen molar-refractivity contribution in [2.45, 2.75) is 57.1 Å². The number of aliphatic imine (C=N–C) groups is 1. The molecule has 0 aromatic carbocycles. The van der Waals surface area contributed by atoms with E-state index in [2.05, 4.69) is 9.89 Å². The Labute approximate surface area is 104 Å². The maximum Gasteiger partial charge on any atom is 0.191 e. The van der Waals surface area contributed by atoms with Crippen LogP contribution < -0.4 is 5.73 Å². The quantitative estimate of drug-likeness (QED) is 0.452. The van der Waals surface area contributed by atoms with E-state index in [1.807, 2.05) is 7.05 Å². The molecule has 1 unspecified atom stereocenters. The van der Waals surface area contributed by atoms with Gasteiger partial charge in [-0.25, -0.2) is 0 Å². The van der Waals surface area contributed by atoms with Crippen molar-refractivity contribution in [3.05, 3.63) is 0 Å². The van der Waals surface area contributed by atoms with E-state index in [1.54, 1.807) is 0 Å². The van der Waals surface area contributed by atoms with Crippen molar-refractivity contribution in [1.29, 1.82) is 0 Å². The van der Waals surface area contributed by atoms with E-state index in [1.165, 1.54) is 32.1 Å². The smallest absolute Gasteiger partial charge is 0.191 e. The molecule has 0 spiro atoms. The van der Waals surface area contributed by atoms with Crippen LogP contribution in [0.1, 0.15) is 44.9 Å². The van der Waals surface area contributed by atoms with Gasteiger partial charge >= 0.3 is 0 Å². The molecule has 0 bridgehead atoms. The second-order valence-corrected chi connectivity index (χ2v) is 5.21. The summed E-state index contributed by atoms with van der Waals surface area (Å²) in [6.45, 7) is 1.78. The van der Waals surface area contributed by atoms with E-state index in [0.717, 1.165) is 26.0 Å². The molecular formula is C13H25N3O. The molecule has 17 heavy (non-hydrogen) atoms. The first-order chi connectivity index (χ1) is 8.27. The van der Waals surface area contributed by atoms with Gasteiger partial charge in [-0.3, -0.25) is 4.99 Å². The maximum absolute atomic E-state index is 5.92. The first-order valence-corrected chi connectivity index (χ1v) is 6.91. The molecule has 4 nitrogen and oxygen atoms in total. The SMILES string of the molecule is CN(C(N)=NCCCC1CCCCO1)C1CC1. The predicted molar refractivity (Wildman–Crippen MR) is 70.1 cm³/mol. The highest BCUT2D eigenvalue weighted by molar-refractivity contribution is 5.78. The molecule has 2 rings (SSSR count). The fourth-order valence-electron chi connectivity index (χ4n) is 2.31. The minimum Gasteiger partial charge on any atom is -0.378 e. The Morgan fingerprint density at radius 3 is 2.82 bits per heavy atom. The van der Waals surface area contributed by atoms with Gasteiger partial charge in [0.15, 0.2) is 5.96 Å². The molecule has 1 aliphatic carbocycles. The lowest BCUT2D eigenvalue weighted by atomic mass is 10.1. The topological polar surface area (TPSA) is 50.8 Å². The highest BCUT2D eigenvalue weighted by Crippen LogP contribution is 2.24. The average molecular weight is 239 g/mol. The van der Waals surface area contributed by atoms with Gasteiger partial charge in [0.1, 0.15) is 0 Å². The number of guanidine groups is 1. The summed E-state index contributed by atoms with van der Waals surface area (Å²) in [5.74, 6) is 0.706. The van der Waals surface area contributed by atoms with Gasteiger partial charge in [-0.1, -0.05) is 0 Å². The molecule has 0 amide bonds.